The summed E-state index contributed by atoms with van der Waals surface area (Å²) in [7, 11) is 0. The van der Waals surface area contributed by atoms with Gasteiger partial charge in [0.05, 0.1) is 24.9 Å². The van der Waals surface area contributed by atoms with E-state index in [0.29, 0.717) is 17.4 Å². The predicted octanol–water partition coefficient (Wildman–Crippen LogP) is 3.31. The molecule has 10 nitrogen and oxygen atoms in total. The van der Waals surface area contributed by atoms with Crippen LogP contribution in [-0.4, -0.2) is 44.6 Å². The number of hydrogen-bond acceptors (Lipinski definition) is 6. The van der Waals surface area contributed by atoms with Crippen molar-refractivity contribution < 1.29 is 14.9 Å². The topological polar surface area (TPSA) is 153 Å². The van der Waals surface area contributed by atoms with Crippen LogP contribution in [0.25, 0.3) is 10.4 Å². The molecule has 35 heavy (non-hydrogen) atoms. The molecule has 0 radical (unpaired) electrons. The van der Waals surface area contributed by atoms with Crippen LogP contribution >= 0.6 is 0 Å². The van der Waals surface area contributed by atoms with Gasteiger partial charge in [0.25, 0.3) is 5.56 Å². The third-order valence-electron chi connectivity index (χ3n) is 6.46. The van der Waals surface area contributed by atoms with Gasteiger partial charge in [-0.25, -0.2) is 4.79 Å². The fourth-order valence-electron chi connectivity index (χ4n) is 4.51. The van der Waals surface area contributed by atoms with Gasteiger partial charge in [0.1, 0.15) is 6.23 Å². The zero-order chi connectivity index (χ0) is 25.5. The van der Waals surface area contributed by atoms with Crippen molar-refractivity contribution in [1.29, 1.82) is 0 Å². The second-order valence-corrected chi connectivity index (χ2v) is 9.23. The monoisotopic (exact) mass is 483 g/mol. The van der Waals surface area contributed by atoms with Gasteiger partial charge >= 0.3 is 5.69 Å². The van der Waals surface area contributed by atoms with E-state index in [9.17, 15) is 14.7 Å². The molecule has 5 atom stereocenters. The van der Waals surface area contributed by atoms with E-state index in [4.69, 9.17) is 15.4 Å². The Bertz CT molecular complexity index is 1180. The summed E-state index contributed by atoms with van der Waals surface area (Å²) in [6, 6.07) is 10.0. The molecule has 1 aliphatic heterocycles. The molecule has 2 heterocycles. The van der Waals surface area contributed by atoms with E-state index in [2.05, 4.69) is 59.2 Å². The summed E-state index contributed by atoms with van der Waals surface area (Å²) in [5, 5.41) is 22.6. The first-order valence-corrected chi connectivity index (χ1v) is 11.8. The number of aryl methyl sites for hydroxylation is 1. The molecule has 1 saturated heterocycles. The van der Waals surface area contributed by atoms with E-state index in [-0.39, 0.29) is 19.1 Å². The first kappa shape index (κ1) is 26.4. The molecule has 0 bridgehead atoms. The second kappa shape index (κ2) is 12.0. The number of azide groups is 1. The van der Waals surface area contributed by atoms with Crippen molar-refractivity contribution in [2.45, 2.75) is 70.4 Å². The number of nitrogens with one attached hydrogen (secondary N) is 1. The summed E-state index contributed by atoms with van der Waals surface area (Å²) >= 11 is 0. The number of nitrogens with zero attached hydrogens (tertiary/aromatic N) is 4. The number of benzene rings is 1. The van der Waals surface area contributed by atoms with E-state index < -0.39 is 29.6 Å². The highest BCUT2D eigenvalue weighted by atomic mass is 16.5. The number of ether oxygens (including phenoxy) is 1. The molecule has 0 spiro atoms. The number of H-pyrrole nitrogens is 1. The lowest BCUT2D eigenvalue weighted by molar-refractivity contribution is -0.0271. The zero-order valence-corrected chi connectivity index (χ0v) is 20.2. The van der Waals surface area contributed by atoms with Crippen molar-refractivity contribution in [3.8, 4) is 0 Å². The summed E-state index contributed by atoms with van der Waals surface area (Å²) in [5.74, 6) is 0.934. The molecule has 188 valence electrons. The quantitative estimate of drug-likeness (QED) is 0.258. The Morgan fingerprint density at radius 2 is 1.97 bits per heavy atom. The molecular weight excluding hydrogens is 450 g/mol. The first-order chi connectivity index (χ1) is 16.7. The maximum atomic E-state index is 11.7. The minimum Gasteiger partial charge on any atom is -0.394 e. The second-order valence-electron chi connectivity index (χ2n) is 9.23. The van der Waals surface area contributed by atoms with Crippen LogP contribution in [0.4, 0.5) is 0 Å². The van der Waals surface area contributed by atoms with Crippen molar-refractivity contribution in [3.63, 3.8) is 0 Å². The van der Waals surface area contributed by atoms with E-state index in [1.54, 1.807) is 6.92 Å². The van der Waals surface area contributed by atoms with Gasteiger partial charge in [-0.05, 0) is 42.4 Å². The normalized spacial score (nSPS) is 25.9. The Balaban J connectivity index is 0.000000198. The van der Waals surface area contributed by atoms with Crippen molar-refractivity contribution in [2.24, 2.45) is 11.0 Å². The molecule has 2 aliphatic rings. The van der Waals surface area contributed by atoms with Gasteiger partial charge in [-0.3, -0.25) is 14.3 Å². The van der Waals surface area contributed by atoms with Crippen molar-refractivity contribution in [2.75, 3.05) is 6.61 Å². The Kier molecular flexibility index (Phi) is 9.06. The van der Waals surface area contributed by atoms with Crippen LogP contribution in [0.2, 0.25) is 0 Å². The summed E-state index contributed by atoms with van der Waals surface area (Å²) in [5.41, 5.74) is 10.3. The highest BCUT2D eigenvalue weighted by Gasteiger charge is 2.35. The van der Waals surface area contributed by atoms with E-state index in [1.165, 1.54) is 21.9 Å². The van der Waals surface area contributed by atoms with Crippen LogP contribution in [0.1, 0.15) is 56.4 Å². The largest absolute Gasteiger partial charge is 0.394 e. The maximum absolute atomic E-state index is 11.7. The standard InChI is InChI=1S/C15H20O.C10H13N5O4/c1-11(2)14-10-13(8-9-15(14)16)12-6-4-3-5-7-12;1-5-3-15(10(18)12-9(5)17)8-2-6(13-14-11)7(4-16)19-8/h3-7,10-11,13,15-16H,8-9H2,1-2H3;3,6-8,16H,2,4H2,1H3,(H,12,17,18)/t13-,15-;6-,7+,8+/m10/s1. The highest BCUT2D eigenvalue weighted by Crippen LogP contribution is 2.34. The van der Waals surface area contributed by atoms with Crippen LogP contribution in [0.5, 0.6) is 0 Å². The molecule has 0 saturated carbocycles. The number of aliphatic hydroxyl groups is 2. The van der Waals surface area contributed by atoms with Crippen LogP contribution < -0.4 is 11.2 Å². The molecule has 2 aromatic rings. The van der Waals surface area contributed by atoms with Gasteiger partial charge in [-0.1, -0.05) is 55.4 Å². The fraction of sp³-hybridized carbons (Fsp3) is 0.520. The highest BCUT2D eigenvalue weighted by molar-refractivity contribution is 5.29. The number of hydrogen-bond donors (Lipinski definition) is 3. The lowest BCUT2D eigenvalue weighted by Crippen LogP contribution is -2.33. The lowest BCUT2D eigenvalue weighted by Gasteiger charge is -2.28. The average Bonchev–Trinajstić information content (AvgIpc) is 3.25. The molecule has 1 aromatic carbocycles. The van der Waals surface area contributed by atoms with Crippen molar-refractivity contribution >= 4 is 0 Å². The first-order valence-electron chi connectivity index (χ1n) is 11.8. The number of rotatable bonds is 5. The third kappa shape index (κ3) is 6.49. The SMILES string of the molecule is CC(C)C1=C[C@H](c2ccccc2)CC[C@H]1O.Cc1cn([C@H]2C[C@H](N=[N+]=[N-])[C@@H](CO)O2)c(=O)[nH]c1=O. The Hall–Kier alpha value is -3.17. The van der Waals surface area contributed by atoms with Crippen LogP contribution in [0, 0.1) is 12.8 Å². The van der Waals surface area contributed by atoms with E-state index >= 15 is 0 Å². The minimum absolute atomic E-state index is 0.222. The van der Waals surface area contributed by atoms with Crippen LogP contribution in [0.3, 0.4) is 0 Å². The molecule has 0 unspecified atom stereocenters. The minimum atomic E-state index is -0.671. The van der Waals surface area contributed by atoms with Gasteiger partial charge in [0.15, 0.2) is 0 Å². The predicted molar refractivity (Wildman–Crippen MR) is 132 cm³/mol. The smallest absolute Gasteiger partial charge is 0.330 e. The molecule has 0 amide bonds. The Morgan fingerprint density at radius 3 is 2.60 bits per heavy atom. The van der Waals surface area contributed by atoms with Gasteiger partial charge in [-0.2, -0.15) is 0 Å². The number of aliphatic hydroxyl groups excluding tert-OH is 2. The molecule has 10 heteroatoms. The molecule has 3 N–H and O–H groups in total. The number of allylic oxidation sites excluding steroid dienone is 1. The maximum Gasteiger partial charge on any atom is 0.330 e. The molecule has 1 aliphatic carbocycles. The summed E-state index contributed by atoms with van der Waals surface area (Å²) < 4.78 is 6.69. The van der Waals surface area contributed by atoms with Gasteiger partial charge in [-0.15, -0.1) is 0 Å². The molecule has 1 aromatic heterocycles. The molecule has 4 rings (SSSR count). The van der Waals surface area contributed by atoms with Gasteiger partial charge < -0.3 is 14.9 Å². The number of aromatic nitrogens is 2. The average molecular weight is 484 g/mol. The lowest BCUT2D eigenvalue weighted by atomic mass is 9.80. The van der Waals surface area contributed by atoms with Crippen molar-refractivity contribution in [1.82, 2.24) is 9.55 Å². The summed E-state index contributed by atoms with van der Waals surface area (Å²) in [6.45, 7) is 5.57. The van der Waals surface area contributed by atoms with Gasteiger partial charge in [0.2, 0.25) is 0 Å². The van der Waals surface area contributed by atoms with Gasteiger partial charge in [0, 0.05) is 29.0 Å². The number of aromatic amines is 1. The summed E-state index contributed by atoms with van der Waals surface area (Å²) in [6.07, 6.45) is 4.33. The third-order valence-corrected chi connectivity index (χ3v) is 6.46. The Labute approximate surface area is 203 Å². The van der Waals surface area contributed by atoms with E-state index in [1.807, 2.05) is 6.07 Å². The fourth-order valence-corrected chi connectivity index (χ4v) is 4.51. The van der Waals surface area contributed by atoms with Crippen LogP contribution in [0.15, 0.2) is 62.9 Å². The zero-order valence-electron chi connectivity index (χ0n) is 20.2. The van der Waals surface area contributed by atoms with Crippen molar-refractivity contribution in [3.05, 3.63) is 90.6 Å². The molecular formula is C25H33N5O5. The van der Waals surface area contributed by atoms with E-state index in [0.717, 1.165) is 12.8 Å². The summed E-state index contributed by atoms with van der Waals surface area (Å²) in [4.78, 5) is 27.8. The molecule has 1 fully saturated rings. The Morgan fingerprint density at radius 1 is 1.26 bits per heavy atom. The van der Waals surface area contributed by atoms with Crippen LogP contribution in [-0.2, 0) is 4.74 Å².